The van der Waals surface area contributed by atoms with Crippen molar-refractivity contribution < 1.29 is 19.4 Å². The number of thioether (sulfide) groups is 2. The van der Waals surface area contributed by atoms with Crippen LogP contribution in [0.25, 0.3) is 0 Å². The molecule has 2 rings (SSSR count). The van der Waals surface area contributed by atoms with Crippen LogP contribution in [0.15, 0.2) is 48.5 Å². The summed E-state index contributed by atoms with van der Waals surface area (Å²) in [6.45, 7) is 0.510. The standard InChI is InChI=1S/C26H33Cl3N2O4S2/c27-21-7-6-19(23(28)14-21)8-10-37-26(29,9-11-36-17-18(15-30)12-24(32)33)20(16-31)13-25(34)35-22-4-2-1-3-5-22/h1-7,14,18,20H,8-13,15-17,30-31H2,(H,32,33). The lowest BCUT2D eigenvalue weighted by Gasteiger charge is -2.34. The summed E-state index contributed by atoms with van der Waals surface area (Å²) in [5.41, 5.74) is 12.8. The van der Waals surface area contributed by atoms with Crippen molar-refractivity contribution in [2.75, 3.05) is 30.3 Å². The Balaban J connectivity index is 2.06. The molecule has 3 atom stereocenters. The van der Waals surface area contributed by atoms with E-state index < -0.39 is 16.1 Å². The lowest BCUT2D eigenvalue weighted by Crippen LogP contribution is -2.38. The van der Waals surface area contributed by atoms with Crippen molar-refractivity contribution >= 4 is 70.3 Å². The number of benzene rings is 2. The SMILES string of the molecule is NCC(CSCCC(Cl)(SCCc1ccc(Cl)cc1Cl)C(CN)CC(=O)Oc1ccccc1)CC(=O)O. The van der Waals surface area contributed by atoms with E-state index in [0.717, 1.165) is 5.56 Å². The molecule has 6 nitrogen and oxygen atoms in total. The normalized spacial score (nSPS) is 14.5. The fourth-order valence-electron chi connectivity index (χ4n) is 3.64. The third-order valence-electron chi connectivity index (χ3n) is 5.75. The van der Waals surface area contributed by atoms with Gasteiger partial charge in [0, 0.05) is 16.0 Å². The average Bonchev–Trinajstić information content (AvgIpc) is 2.86. The Bertz CT molecular complexity index is 1000. The number of carbonyl (C=O) groups is 2. The molecule has 5 N–H and O–H groups in total. The molecule has 0 heterocycles. The number of carboxylic acids is 1. The first-order valence-corrected chi connectivity index (χ1v) is 15.2. The summed E-state index contributed by atoms with van der Waals surface area (Å²) < 4.78 is 4.65. The van der Waals surface area contributed by atoms with E-state index >= 15 is 0 Å². The van der Waals surface area contributed by atoms with Gasteiger partial charge in [0.25, 0.3) is 0 Å². The highest BCUT2D eigenvalue weighted by Gasteiger charge is 2.38. The highest BCUT2D eigenvalue weighted by atomic mass is 35.5. The predicted molar refractivity (Wildman–Crippen MR) is 157 cm³/mol. The number of nitrogens with two attached hydrogens (primary N) is 2. The molecular formula is C26H33Cl3N2O4S2. The van der Waals surface area contributed by atoms with E-state index in [-0.39, 0.29) is 31.2 Å². The summed E-state index contributed by atoms with van der Waals surface area (Å²) in [5.74, 6) is 0.686. The Kier molecular flexibility index (Phi) is 14.5. The number of para-hydroxylation sites is 1. The first-order chi connectivity index (χ1) is 17.7. The number of hydrogen-bond acceptors (Lipinski definition) is 7. The van der Waals surface area contributed by atoms with Crippen molar-refractivity contribution in [1.82, 2.24) is 0 Å². The lowest BCUT2D eigenvalue weighted by molar-refractivity contribution is -0.138. The van der Waals surface area contributed by atoms with Crippen LogP contribution in [0, 0.1) is 11.8 Å². The van der Waals surface area contributed by atoms with Gasteiger partial charge in [-0.05, 0) is 78.9 Å². The van der Waals surface area contributed by atoms with Crippen LogP contribution in [0.2, 0.25) is 10.0 Å². The van der Waals surface area contributed by atoms with Gasteiger partial charge in [-0.25, -0.2) is 0 Å². The molecule has 0 amide bonds. The summed E-state index contributed by atoms with van der Waals surface area (Å²) in [5, 5.41) is 10.2. The second kappa shape index (κ2) is 16.7. The molecule has 0 saturated heterocycles. The van der Waals surface area contributed by atoms with E-state index in [4.69, 9.17) is 56.1 Å². The summed E-state index contributed by atoms with van der Waals surface area (Å²) in [4.78, 5) is 23.7. The zero-order chi connectivity index (χ0) is 27.3. The topological polar surface area (TPSA) is 116 Å². The summed E-state index contributed by atoms with van der Waals surface area (Å²) >= 11 is 22.7. The van der Waals surface area contributed by atoms with Crippen molar-refractivity contribution in [3.63, 3.8) is 0 Å². The zero-order valence-corrected chi connectivity index (χ0v) is 24.3. The van der Waals surface area contributed by atoms with E-state index in [0.29, 0.717) is 52.4 Å². The molecule has 0 aliphatic rings. The summed E-state index contributed by atoms with van der Waals surface area (Å²) in [6.07, 6.45) is 1.33. The number of aliphatic carboxylic acids is 1. The van der Waals surface area contributed by atoms with Crippen LogP contribution < -0.4 is 16.2 Å². The Morgan fingerprint density at radius 2 is 1.76 bits per heavy atom. The van der Waals surface area contributed by atoms with E-state index in [1.165, 1.54) is 0 Å². The Hall–Kier alpha value is -1.13. The predicted octanol–water partition coefficient (Wildman–Crippen LogP) is 5.95. The van der Waals surface area contributed by atoms with Gasteiger partial charge in [0.2, 0.25) is 0 Å². The third kappa shape index (κ3) is 11.6. The molecular weight excluding hydrogens is 575 g/mol. The molecule has 2 aromatic rings. The lowest BCUT2D eigenvalue weighted by atomic mass is 9.98. The second-order valence-corrected chi connectivity index (χ2v) is 12.9. The number of aryl methyl sites for hydroxylation is 1. The maximum Gasteiger partial charge on any atom is 0.311 e. The van der Waals surface area contributed by atoms with Gasteiger partial charge >= 0.3 is 11.9 Å². The molecule has 0 spiro atoms. The van der Waals surface area contributed by atoms with Crippen molar-refractivity contribution in [2.24, 2.45) is 23.3 Å². The van der Waals surface area contributed by atoms with Crippen molar-refractivity contribution in [3.8, 4) is 5.75 Å². The fourth-order valence-corrected chi connectivity index (χ4v) is 7.42. The maximum atomic E-state index is 12.7. The van der Waals surface area contributed by atoms with Crippen molar-refractivity contribution in [3.05, 3.63) is 64.1 Å². The molecule has 2 aromatic carbocycles. The molecule has 0 aliphatic heterocycles. The van der Waals surface area contributed by atoms with Crippen LogP contribution in [0.1, 0.15) is 24.8 Å². The number of carboxylic acid groups (broad SMARTS) is 1. The molecule has 0 radical (unpaired) electrons. The Morgan fingerprint density at radius 1 is 1.03 bits per heavy atom. The first kappa shape index (κ1) is 32.1. The molecule has 37 heavy (non-hydrogen) atoms. The minimum absolute atomic E-state index is 0.0306. The van der Waals surface area contributed by atoms with Gasteiger partial charge < -0.3 is 21.3 Å². The minimum Gasteiger partial charge on any atom is -0.481 e. The molecule has 0 saturated carbocycles. The van der Waals surface area contributed by atoms with Crippen LogP contribution in [-0.4, -0.2) is 51.6 Å². The van der Waals surface area contributed by atoms with Gasteiger partial charge in [0.05, 0.1) is 17.0 Å². The summed E-state index contributed by atoms with van der Waals surface area (Å²) in [6, 6.07) is 14.3. The summed E-state index contributed by atoms with van der Waals surface area (Å²) in [7, 11) is 0. The van der Waals surface area contributed by atoms with Crippen molar-refractivity contribution in [1.29, 1.82) is 0 Å². The van der Waals surface area contributed by atoms with Gasteiger partial charge in [-0.2, -0.15) is 11.8 Å². The Morgan fingerprint density at radius 3 is 2.38 bits per heavy atom. The second-order valence-electron chi connectivity index (χ2n) is 8.57. The highest BCUT2D eigenvalue weighted by molar-refractivity contribution is 8.02. The number of ether oxygens (including phenoxy) is 1. The number of hydrogen-bond donors (Lipinski definition) is 3. The van der Waals surface area contributed by atoms with Gasteiger partial charge in [0.15, 0.2) is 0 Å². The van der Waals surface area contributed by atoms with Crippen LogP contribution in [0.5, 0.6) is 5.75 Å². The highest BCUT2D eigenvalue weighted by Crippen LogP contribution is 2.44. The van der Waals surface area contributed by atoms with Gasteiger partial charge in [0.1, 0.15) is 5.75 Å². The number of carbonyl (C=O) groups excluding carboxylic acids is 1. The quantitative estimate of drug-likeness (QED) is 0.0875. The molecule has 11 heteroatoms. The first-order valence-electron chi connectivity index (χ1n) is 11.9. The monoisotopic (exact) mass is 606 g/mol. The number of rotatable bonds is 17. The Labute approximate surface area is 242 Å². The van der Waals surface area contributed by atoms with Gasteiger partial charge in [-0.15, -0.1) is 23.4 Å². The molecule has 0 aromatic heterocycles. The molecule has 3 unspecified atom stereocenters. The van der Waals surface area contributed by atoms with E-state index in [1.807, 2.05) is 12.1 Å². The number of alkyl halides is 1. The molecule has 0 bridgehead atoms. The minimum atomic E-state index is -0.862. The van der Waals surface area contributed by atoms with Gasteiger partial charge in [-0.3, -0.25) is 9.59 Å². The zero-order valence-electron chi connectivity index (χ0n) is 20.4. The van der Waals surface area contributed by atoms with E-state index in [2.05, 4.69) is 0 Å². The number of esters is 1. The van der Waals surface area contributed by atoms with Crippen LogP contribution in [0.3, 0.4) is 0 Å². The molecule has 0 aliphatic carbocycles. The fraction of sp³-hybridized carbons (Fsp3) is 0.462. The molecule has 0 fully saturated rings. The number of halogens is 3. The smallest absolute Gasteiger partial charge is 0.311 e. The van der Waals surface area contributed by atoms with Crippen LogP contribution in [-0.2, 0) is 16.0 Å². The molecule has 204 valence electrons. The average molecular weight is 608 g/mol. The van der Waals surface area contributed by atoms with E-state index in [1.54, 1.807) is 59.9 Å². The van der Waals surface area contributed by atoms with Crippen molar-refractivity contribution in [2.45, 2.75) is 29.9 Å². The van der Waals surface area contributed by atoms with Gasteiger partial charge in [-0.1, -0.05) is 47.5 Å². The van der Waals surface area contributed by atoms with Crippen LogP contribution >= 0.6 is 58.3 Å². The maximum absolute atomic E-state index is 12.7. The van der Waals surface area contributed by atoms with Crippen LogP contribution in [0.4, 0.5) is 0 Å². The largest absolute Gasteiger partial charge is 0.481 e. The van der Waals surface area contributed by atoms with E-state index in [9.17, 15) is 9.59 Å². The third-order valence-corrected chi connectivity index (χ3v) is 9.79.